The van der Waals surface area contributed by atoms with E-state index in [0.717, 1.165) is 50.5 Å². The molecule has 0 saturated carbocycles. The second-order valence-electron chi connectivity index (χ2n) is 6.96. The van der Waals surface area contributed by atoms with Crippen molar-refractivity contribution in [2.45, 2.75) is 45.6 Å². The summed E-state index contributed by atoms with van der Waals surface area (Å²) < 4.78 is 31.2. The highest BCUT2D eigenvalue weighted by atomic mass is 32.2. The van der Waals surface area contributed by atoms with Gasteiger partial charge < -0.3 is 15.4 Å². The molecule has 1 heterocycles. The van der Waals surface area contributed by atoms with Gasteiger partial charge in [0.1, 0.15) is 5.75 Å². The van der Waals surface area contributed by atoms with Crippen LogP contribution in [0.3, 0.4) is 0 Å². The highest BCUT2D eigenvalue weighted by Crippen LogP contribution is 2.15. The van der Waals surface area contributed by atoms with Crippen molar-refractivity contribution in [2.24, 2.45) is 4.99 Å². The maximum Gasteiger partial charge on any atom is 0.213 e. The van der Waals surface area contributed by atoms with E-state index < -0.39 is 10.0 Å². The third kappa shape index (κ3) is 6.98. The second-order valence-corrected chi connectivity index (χ2v) is 9.22. The van der Waals surface area contributed by atoms with Gasteiger partial charge in [-0.25, -0.2) is 12.7 Å². The minimum Gasteiger partial charge on any atom is -0.494 e. The lowest BCUT2D eigenvalue weighted by Gasteiger charge is -2.32. The van der Waals surface area contributed by atoms with Crippen LogP contribution in [0.2, 0.25) is 0 Å². The quantitative estimate of drug-likeness (QED) is 0.481. The lowest BCUT2D eigenvalue weighted by atomic mass is 10.1. The van der Waals surface area contributed by atoms with E-state index in [1.54, 1.807) is 18.3 Å². The molecule has 2 rings (SSSR count). The average molecular weight is 411 g/mol. The van der Waals surface area contributed by atoms with Crippen molar-refractivity contribution >= 4 is 16.0 Å². The monoisotopic (exact) mass is 410 g/mol. The fourth-order valence-electron chi connectivity index (χ4n) is 3.18. The van der Waals surface area contributed by atoms with Gasteiger partial charge in [0.2, 0.25) is 10.0 Å². The largest absolute Gasteiger partial charge is 0.494 e. The molecule has 1 aliphatic rings. The molecule has 7 nitrogen and oxygen atoms in total. The molecule has 0 aliphatic carbocycles. The van der Waals surface area contributed by atoms with Gasteiger partial charge in [-0.3, -0.25) is 4.99 Å². The number of nitrogens with zero attached hydrogens (tertiary/aromatic N) is 2. The molecule has 1 aromatic carbocycles. The van der Waals surface area contributed by atoms with Gasteiger partial charge in [-0.05, 0) is 50.3 Å². The summed E-state index contributed by atoms with van der Waals surface area (Å²) in [6.45, 7) is 6.41. The number of nitrogens with one attached hydrogen (secondary N) is 2. The second kappa shape index (κ2) is 11.3. The fraction of sp³-hybridized carbons (Fsp3) is 0.650. The van der Waals surface area contributed by atoms with E-state index in [1.165, 1.54) is 5.56 Å². The van der Waals surface area contributed by atoms with Crippen LogP contribution in [0.1, 0.15) is 38.7 Å². The van der Waals surface area contributed by atoms with E-state index in [-0.39, 0.29) is 11.8 Å². The van der Waals surface area contributed by atoms with E-state index in [9.17, 15) is 8.42 Å². The van der Waals surface area contributed by atoms with Crippen LogP contribution in [-0.2, 0) is 16.4 Å². The Morgan fingerprint density at radius 3 is 2.68 bits per heavy atom. The predicted molar refractivity (Wildman–Crippen MR) is 114 cm³/mol. The Kier molecular flexibility index (Phi) is 9.05. The van der Waals surface area contributed by atoms with Gasteiger partial charge in [0.05, 0.1) is 12.4 Å². The molecule has 1 aromatic rings. The minimum absolute atomic E-state index is 0.166. The molecule has 1 fully saturated rings. The number of aliphatic imine (C=N–C) groups is 1. The average Bonchev–Trinajstić information content (AvgIpc) is 2.72. The summed E-state index contributed by atoms with van der Waals surface area (Å²) in [7, 11) is -1.33. The standard InChI is InChI=1S/C20H34N4O3S/c1-4-15-27-19-8-6-7-17(16-19)9-12-22-20(21-3)23-18-10-13-24(14-11-18)28(25,26)5-2/h6-8,16,18H,4-5,9-15H2,1-3H3,(H2,21,22,23). The number of piperidine rings is 1. The lowest BCUT2D eigenvalue weighted by molar-refractivity contribution is 0.306. The Balaban J connectivity index is 1.75. The van der Waals surface area contributed by atoms with E-state index in [0.29, 0.717) is 13.1 Å². The Hall–Kier alpha value is -1.80. The molecule has 0 radical (unpaired) electrons. The molecule has 1 saturated heterocycles. The Bertz CT molecular complexity index is 729. The van der Waals surface area contributed by atoms with Crippen LogP contribution in [-0.4, -0.2) is 63.8 Å². The Labute approximate surface area is 169 Å². The number of hydrogen-bond donors (Lipinski definition) is 2. The third-order valence-corrected chi connectivity index (χ3v) is 6.74. The third-order valence-electron chi connectivity index (χ3n) is 4.85. The van der Waals surface area contributed by atoms with E-state index in [2.05, 4.69) is 34.7 Å². The van der Waals surface area contributed by atoms with Crippen molar-refractivity contribution < 1.29 is 13.2 Å². The van der Waals surface area contributed by atoms with Crippen molar-refractivity contribution in [3.05, 3.63) is 29.8 Å². The molecule has 0 unspecified atom stereocenters. The minimum atomic E-state index is -3.08. The van der Waals surface area contributed by atoms with Crippen LogP contribution >= 0.6 is 0 Å². The van der Waals surface area contributed by atoms with Crippen LogP contribution < -0.4 is 15.4 Å². The van der Waals surface area contributed by atoms with Gasteiger partial charge in [-0.1, -0.05) is 19.1 Å². The Morgan fingerprint density at radius 2 is 2.04 bits per heavy atom. The molecule has 8 heteroatoms. The first-order valence-electron chi connectivity index (χ1n) is 10.1. The molecule has 28 heavy (non-hydrogen) atoms. The van der Waals surface area contributed by atoms with E-state index in [1.807, 2.05) is 12.1 Å². The van der Waals surface area contributed by atoms with Crippen molar-refractivity contribution in [3.8, 4) is 5.75 Å². The zero-order chi connectivity index (χ0) is 20.4. The fourth-order valence-corrected chi connectivity index (χ4v) is 4.32. The van der Waals surface area contributed by atoms with Crippen molar-refractivity contribution in [1.29, 1.82) is 0 Å². The molecule has 0 bridgehead atoms. The Morgan fingerprint density at radius 1 is 1.29 bits per heavy atom. The van der Waals surface area contributed by atoms with Gasteiger partial charge in [-0.15, -0.1) is 0 Å². The molecular formula is C20H34N4O3S. The zero-order valence-electron chi connectivity index (χ0n) is 17.3. The predicted octanol–water partition coefficient (Wildman–Crippen LogP) is 2.00. The van der Waals surface area contributed by atoms with Gasteiger partial charge >= 0.3 is 0 Å². The van der Waals surface area contributed by atoms with Crippen molar-refractivity contribution in [1.82, 2.24) is 14.9 Å². The van der Waals surface area contributed by atoms with Crippen LogP contribution in [0, 0.1) is 0 Å². The van der Waals surface area contributed by atoms with Crippen LogP contribution in [0.4, 0.5) is 0 Å². The summed E-state index contributed by atoms with van der Waals surface area (Å²) in [5, 5.41) is 6.76. The number of sulfonamides is 1. The molecule has 0 amide bonds. The summed E-state index contributed by atoms with van der Waals surface area (Å²) in [6.07, 6.45) is 3.45. The zero-order valence-corrected chi connectivity index (χ0v) is 18.1. The van der Waals surface area contributed by atoms with E-state index in [4.69, 9.17) is 4.74 Å². The number of rotatable bonds is 9. The smallest absolute Gasteiger partial charge is 0.213 e. The maximum atomic E-state index is 12.0. The summed E-state index contributed by atoms with van der Waals surface area (Å²) in [5.41, 5.74) is 1.22. The molecule has 0 spiro atoms. The molecule has 0 atom stereocenters. The topological polar surface area (TPSA) is 83.0 Å². The number of ether oxygens (including phenoxy) is 1. The highest BCUT2D eigenvalue weighted by Gasteiger charge is 2.26. The molecule has 158 valence electrons. The number of guanidine groups is 1. The van der Waals surface area contributed by atoms with Crippen LogP contribution in [0.5, 0.6) is 5.75 Å². The number of benzene rings is 1. The lowest BCUT2D eigenvalue weighted by Crippen LogP contribution is -2.50. The van der Waals surface area contributed by atoms with E-state index >= 15 is 0 Å². The van der Waals surface area contributed by atoms with Crippen molar-refractivity contribution in [2.75, 3.05) is 39.0 Å². The molecule has 2 N–H and O–H groups in total. The van der Waals surface area contributed by atoms with Crippen LogP contribution in [0.15, 0.2) is 29.3 Å². The normalized spacial score (nSPS) is 16.8. The van der Waals surface area contributed by atoms with Gasteiger partial charge in [-0.2, -0.15) is 0 Å². The van der Waals surface area contributed by atoms with Crippen LogP contribution in [0.25, 0.3) is 0 Å². The molecule has 0 aromatic heterocycles. The summed E-state index contributed by atoms with van der Waals surface area (Å²) in [5.74, 6) is 1.84. The SMILES string of the molecule is CCCOc1cccc(CCNC(=NC)NC2CCN(S(=O)(=O)CC)CC2)c1. The first-order valence-corrected chi connectivity index (χ1v) is 11.8. The van der Waals surface area contributed by atoms with Gasteiger partial charge in [0, 0.05) is 32.7 Å². The van der Waals surface area contributed by atoms with Gasteiger partial charge in [0.15, 0.2) is 5.96 Å². The van der Waals surface area contributed by atoms with Crippen molar-refractivity contribution in [3.63, 3.8) is 0 Å². The first-order chi connectivity index (χ1) is 13.5. The molecular weight excluding hydrogens is 376 g/mol. The summed E-state index contributed by atoms with van der Waals surface area (Å²) in [6, 6.07) is 8.42. The van der Waals surface area contributed by atoms with Gasteiger partial charge in [0.25, 0.3) is 0 Å². The first kappa shape index (κ1) is 22.5. The maximum absolute atomic E-state index is 12.0. The molecule has 1 aliphatic heterocycles. The highest BCUT2D eigenvalue weighted by molar-refractivity contribution is 7.89. The summed E-state index contributed by atoms with van der Waals surface area (Å²) >= 11 is 0. The summed E-state index contributed by atoms with van der Waals surface area (Å²) in [4.78, 5) is 4.29. The number of hydrogen-bond acceptors (Lipinski definition) is 4.